The molecule has 2 atom stereocenters. The van der Waals surface area contributed by atoms with Crippen molar-refractivity contribution in [3.63, 3.8) is 0 Å². The molecule has 0 spiro atoms. The van der Waals surface area contributed by atoms with Crippen molar-refractivity contribution < 1.29 is 26.4 Å². The molecule has 2 aromatic rings. The average molecular weight is 495 g/mol. The van der Waals surface area contributed by atoms with Crippen molar-refractivity contribution in [1.82, 2.24) is 0 Å². The van der Waals surface area contributed by atoms with Crippen molar-refractivity contribution in [3.8, 4) is 0 Å². The molecule has 0 aromatic heterocycles. The van der Waals surface area contributed by atoms with Gasteiger partial charge in [-0.3, -0.25) is 4.79 Å². The van der Waals surface area contributed by atoms with E-state index in [1.165, 1.54) is 24.3 Å². The number of carbonyl (C=O) groups excluding carboxylic acids is 1. The van der Waals surface area contributed by atoms with Crippen molar-refractivity contribution in [1.29, 1.82) is 0 Å². The minimum atomic E-state index is -4.84. The number of anilines is 1. The van der Waals surface area contributed by atoms with E-state index in [2.05, 4.69) is 0 Å². The van der Waals surface area contributed by atoms with Gasteiger partial charge in [0.15, 0.2) is 0 Å². The second-order valence-electron chi connectivity index (χ2n) is 7.29. The van der Waals surface area contributed by atoms with Crippen LogP contribution in [0.2, 0.25) is 10.0 Å². The van der Waals surface area contributed by atoms with E-state index in [1.54, 1.807) is 6.07 Å². The Morgan fingerprint density at radius 3 is 2.32 bits per heavy atom. The topological polar surface area (TPSA) is 80.5 Å². The third kappa shape index (κ3) is 5.16. The van der Waals surface area contributed by atoms with Crippen LogP contribution in [-0.2, 0) is 16.2 Å². The van der Waals surface area contributed by atoms with Gasteiger partial charge in [-0.2, -0.15) is 13.2 Å². The number of benzene rings is 2. The first kappa shape index (κ1) is 23.8. The van der Waals surface area contributed by atoms with Gasteiger partial charge in [0, 0.05) is 5.02 Å². The summed E-state index contributed by atoms with van der Waals surface area (Å²) in [6.07, 6.45) is -3.50. The summed E-state index contributed by atoms with van der Waals surface area (Å²) in [5.41, 5.74) is -1.70. The fraction of sp³-hybridized carbons (Fsp3) is 0.350. The van der Waals surface area contributed by atoms with Gasteiger partial charge in [0.2, 0.25) is 10.0 Å². The number of alkyl halides is 3. The van der Waals surface area contributed by atoms with E-state index in [9.17, 15) is 26.4 Å². The van der Waals surface area contributed by atoms with Crippen molar-refractivity contribution >= 4 is 44.8 Å². The summed E-state index contributed by atoms with van der Waals surface area (Å²) in [7, 11) is -4.14. The minimum Gasteiger partial charge on any atom is -0.303 e. The largest absolute Gasteiger partial charge is 0.418 e. The molecule has 0 bridgehead atoms. The number of nitrogens with two attached hydrogens (primary N) is 1. The monoisotopic (exact) mass is 494 g/mol. The van der Waals surface area contributed by atoms with Crippen LogP contribution in [0, 0.1) is 0 Å². The predicted molar refractivity (Wildman–Crippen MR) is 114 cm³/mol. The summed E-state index contributed by atoms with van der Waals surface area (Å²) >= 11 is 11.9. The molecule has 2 N–H and O–H groups in total. The van der Waals surface area contributed by atoms with E-state index in [1.807, 2.05) is 0 Å². The van der Waals surface area contributed by atoms with Gasteiger partial charge in [-0.25, -0.2) is 13.6 Å². The van der Waals surface area contributed by atoms with Crippen LogP contribution in [0.4, 0.5) is 18.9 Å². The molecular formula is C20H19Cl2F3N2O3S. The first-order valence-corrected chi connectivity index (χ1v) is 11.7. The molecular weight excluding hydrogens is 476 g/mol. The number of sulfonamides is 1. The van der Waals surface area contributed by atoms with E-state index in [0.29, 0.717) is 18.9 Å². The summed E-state index contributed by atoms with van der Waals surface area (Å²) in [5, 5.41) is 4.04. The Kier molecular flexibility index (Phi) is 6.90. The molecule has 0 radical (unpaired) electrons. The standard InChI is InChI=1S/C20H19Cl2F3N2O3S/c21-12-9-10-16(14(11-12)20(23,24)25)27(19(28)13-5-1-2-6-15(13)22)17-7-3-4-8-18(17)31(26,29)30/h1-2,5-6,9-11,17-18H,3-4,7-8H2,(H2,26,29,30). The zero-order valence-electron chi connectivity index (χ0n) is 16.1. The SMILES string of the molecule is NS(=O)(=O)C1CCCCC1N(C(=O)c1ccccc1Cl)c1ccc(Cl)cc1C(F)(F)F. The maximum absolute atomic E-state index is 13.9. The molecule has 1 saturated carbocycles. The summed E-state index contributed by atoms with van der Waals surface area (Å²) in [6, 6.07) is 7.77. The van der Waals surface area contributed by atoms with Crippen LogP contribution >= 0.6 is 23.2 Å². The molecule has 5 nitrogen and oxygen atoms in total. The zero-order chi connectivity index (χ0) is 23.0. The fourth-order valence-corrected chi connectivity index (χ4v) is 5.48. The highest BCUT2D eigenvalue weighted by Gasteiger charge is 2.44. The van der Waals surface area contributed by atoms with Gasteiger partial charge in [0.25, 0.3) is 5.91 Å². The molecule has 3 rings (SSSR count). The molecule has 0 aliphatic heterocycles. The molecule has 1 aliphatic rings. The number of amides is 1. The van der Waals surface area contributed by atoms with Crippen LogP contribution in [0.3, 0.4) is 0 Å². The second kappa shape index (κ2) is 8.97. The quantitative estimate of drug-likeness (QED) is 0.629. The average Bonchev–Trinajstić information content (AvgIpc) is 2.68. The fourth-order valence-electron chi connectivity index (χ4n) is 3.90. The molecule has 11 heteroatoms. The lowest BCUT2D eigenvalue weighted by Crippen LogP contribution is -2.53. The lowest BCUT2D eigenvalue weighted by Gasteiger charge is -2.40. The van der Waals surface area contributed by atoms with E-state index in [4.69, 9.17) is 28.3 Å². The van der Waals surface area contributed by atoms with Gasteiger partial charge in [0.05, 0.1) is 33.1 Å². The van der Waals surface area contributed by atoms with Crippen molar-refractivity contribution in [3.05, 3.63) is 63.6 Å². The molecule has 168 valence electrons. The highest BCUT2D eigenvalue weighted by atomic mass is 35.5. The number of nitrogens with zero attached hydrogens (tertiary/aromatic N) is 1. The summed E-state index contributed by atoms with van der Waals surface area (Å²) < 4.78 is 66.1. The molecule has 0 heterocycles. The number of halogens is 5. The Morgan fingerprint density at radius 1 is 1.06 bits per heavy atom. The normalized spacial score (nSPS) is 19.8. The number of rotatable bonds is 4. The molecule has 31 heavy (non-hydrogen) atoms. The Balaban J connectivity index is 2.26. The number of hydrogen-bond donors (Lipinski definition) is 1. The van der Waals surface area contributed by atoms with Gasteiger partial charge >= 0.3 is 6.18 Å². The predicted octanol–water partition coefficient (Wildman–Crippen LogP) is 5.26. The van der Waals surface area contributed by atoms with Gasteiger partial charge in [-0.1, -0.05) is 48.2 Å². The van der Waals surface area contributed by atoms with Crippen molar-refractivity contribution in [2.24, 2.45) is 5.14 Å². The third-order valence-corrected chi connectivity index (χ3v) is 7.23. The summed E-state index contributed by atoms with van der Waals surface area (Å²) in [4.78, 5) is 14.4. The minimum absolute atomic E-state index is 0.0305. The number of hydrogen-bond acceptors (Lipinski definition) is 3. The van der Waals surface area contributed by atoms with Crippen LogP contribution in [0.15, 0.2) is 42.5 Å². The van der Waals surface area contributed by atoms with Crippen LogP contribution in [0.5, 0.6) is 0 Å². The van der Waals surface area contributed by atoms with Gasteiger partial charge in [0.1, 0.15) is 0 Å². The van der Waals surface area contributed by atoms with Crippen LogP contribution in [0.1, 0.15) is 41.6 Å². The molecule has 0 saturated heterocycles. The third-order valence-electron chi connectivity index (χ3n) is 5.27. The smallest absolute Gasteiger partial charge is 0.303 e. The number of primary sulfonamides is 1. The highest BCUT2D eigenvalue weighted by molar-refractivity contribution is 7.89. The van der Waals surface area contributed by atoms with Crippen LogP contribution < -0.4 is 10.0 Å². The van der Waals surface area contributed by atoms with E-state index < -0.39 is 44.6 Å². The number of carbonyl (C=O) groups is 1. The van der Waals surface area contributed by atoms with Crippen LogP contribution in [-0.4, -0.2) is 25.6 Å². The summed E-state index contributed by atoms with van der Waals surface area (Å²) in [5.74, 6) is -0.848. The maximum atomic E-state index is 13.9. The van der Waals surface area contributed by atoms with Gasteiger partial charge in [-0.05, 0) is 43.2 Å². The van der Waals surface area contributed by atoms with Crippen LogP contribution in [0.25, 0.3) is 0 Å². The maximum Gasteiger partial charge on any atom is 0.418 e. The zero-order valence-corrected chi connectivity index (χ0v) is 18.4. The molecule has 1 aliphatic carbocycles. The lowest BCUT2D eigenvalue weighted by molar-refractivity contribution is -0.137. The van der Waals surface area contributed by atoms with E-state index in [0.717, 1.165) is 11.0 Å². The first-order valence-electron chi connectivity index (χ1n) is 9.37. The summed E-state index contributed by atoms with van der Waals surface area (Å²) in [6.45, 7) is 0. The molecule has 1 amide bonds. The Labute approximate surface area is 188 Å². The van der Waals surface area contributed by atoms with Gasteiger partial charge in [-0.15, -0.1) is 0 Å². The molecule has 2 unspecified atom stereocenters. The van der Waals surface area contributed by atoms with E-state index >= 15 is 0 Å². The van der Waals surface area contributed by atoms with Crippen molar-refractivity contribution in [2.45, 2.75) is 43.2 Å². The molecule has 1 fully saturated rings. The highest BCUT2D eigenvalue weighted by Crippen LogP contribution is 2.42. The van der Waals surface area contributed by atoms with Crippen molar-refractivity contribution in [2.75, 3.05) is 4.90 Å². The Bertz CT molecular complexity index is 1090. The first-order chi connectivity index (χ1) is 14.4. The lowest BCUT2D eigenvalue weighted by atomic mass is 9.92. The Morgan fingerprint density at radius 2 is 1.71 bits per heavy atom. The molecule has 2 aromatic carbocycles. The van der Waals surface area contributed by atoms with Gasteiger partial charge < -0.3 is 4.90 Å². The van der Waals surface area contributed by atoms with E-state index in [-0.39, 0.29) is 28.5 Å². The second-order valence-corrected chi connectivity index (χ2v) is 9.92. The Hall–Kier alpha value is -1.81.